The smallest absolute Gasteiger partial charge is 0.234 e. The molecule has 1 aliphatic heterocycles. The molecule has 1 saturated heterocycles. The Labute approximate surface area is 121 Å². The van der Waals surface area contributed by atoms with Crippen LogP contribution < -0.4 is 5.32 Å². The average Bonchev–Trinajstić information content (AvgIpc) is 2.88. The molecule has 2 heterocycles. The summed E-state index contributed by atoms with van der Waals surface area (Å²) in [5.74, 6) is 0.253. The van der Waals surface area contributed by atoms with E-state index in [4.69, 9.17) is 4.74 Å². The van der Waals surface area contributed by atoms with Crippen LogP contribution in [0.4, 0.5) is 4.39 Å². The Morgan fingerprint density at radius 1 is 1.43 bits per heavy atom. The molecular formula is C14H17FN4O2. The molecule has 1 aromatic carbocycles. The molecule has 0 unspecified atom stereocenters. The van der Waals surface area contributed by atoms with E-state index in [9.17, 15) is 9.18 Å². The van der Waals surface area contributed by atoms with Gasteiger partial charge in [-0.15, -0.1) is 0 Å². The summed E-state index contributed by atoms with van der Waals surface area (Å²) >= 11 is 0. The largest absolute Gasteiger partial charge is 0.379 e. The first-order valence-corrected chi connectivity index (χ1v) is 6.92. The van der Waals surface area contributed by atoms with Crippen molar-refractivity contribution in [3.05, 3.63) is 29.8 Å². The minimum absolute atomic E-state index is 0.0523. The number of hydrogen-bond donors (Lipinski definition) is 2. The second-order valence-electron chi connectivity index (χ2n) is 5.01. The van der Waals surface area contributed by atoms with E-state index >= 15 is 0 Å². The molecule has 2 aromatic rings. The minimum atomic E-state index is -0.311. The van der Waals surface area contributed by atoms with Crippen LogP contribution in [0.3, 0.4) is 0 Å². The van der Waals surface area contributed by atoms with Crippen LogP contribution in [0.15, 0.2) is 18.2 Å². The minimum Gasteiger partial charge on any atom is -0.379 e. The van der Waals surface area contributed by atoms with Gasteiger partial charge in [0.25, 0.3) is 0 Å². The third-order valence-electron chi connectivity index (χ3n) is 3.42. The van der Waals surface area contributed by atoms with Crippen molar-refractivity contribution in [1.82, 2.24) is 20.2 Å². The lowest BCUT2D eigenvalue weighted by Crippen LogP contribution is -2.43. The molecule has 7 heteroatoms. The quantitative estimate of drug-likeness (QED) is 0.868. The second-order valence-corrected chi connectivity index (χ2v) is 5.01. The van der Waals surface area contributed by atoms with E-state index in [1.54, 1.807) is 6.07 Å². The lowest BCUT2D eigenvalue weighted by Gasteiger charge is -2.25. The highest BCUT2D eigenvalue weighted by Gasteiger charge is 2.14. The maximum absolute atomic E-state index is 13.1. The van der Waals surface area contributed by atoms with Crippen LogP contribution >= 0.6 is 0 Å². The highest BCUT2D eigenvalue weighted by Crippen LogP contribution is 2.12. The predicted octanol–water partition coefficient (Wildman–Crippen LogP) is 0.650. The first kappa shape index (κ1) is 14.0. The van der Waals surface area contributed by atoms with Crippen molar-refractivity contribution in [3.8, 4) is 0 Å². The van der Waals surface area contributed by atoms with Gasteiger partial charge in [-0.2, -0.15) is 0 Å². The number of carbonyl (C=O) groups excluding carboxylic acids is 1. The molecule has 1 amide bonds. The summed E-state index contributed by atoms with van der Waals surface area (Å²) in [5.41, 5.74) is 1.32. The fourth-order valence-corrected chi connectivity index (χ4v) is 2.32. The van der Waals surface area contributed by atoms with Gasteiger partial charge in [0.1, 0.15) is 11.6 Å². The second kappa shape index (κ2) is 6.19. The van der Waals surface area contributed by atoms with E-state index in [2.05, 4.69) is 15.3 Å². The van der Waals surface area contributed by atoms with Crippen molar-refractivity contribution < 1.29 is 13.9 Å². The molecule has 112 valence electrons. The van der Waals surface area contributed by atoms with Gasteiger partial charge < -0.3 is 15.0 Å². The zero-order chi connectivity index (χ0) is 14.7. The van der Waals surface area contributed by atoms with Crippen LogP contribution in [-0.2, 0) is 16.1 Å². The van der Waals surface area contributed by atoms with Crippen molar-refractivity contribution in [3.63, 3.8) is 0 Å². The molecule has 0 aliphatic carbocycles. The molecular weight excluding hydrogens is 275 g/mol. The summed E-state index contributed by atoms with van der Waals surface area (Å²) in [6.07, 6.45) is 0. The van der Waals surface area contributed by atoms with Crippen LogP contribution in [0.5, 0.6) is 0 Å². The molecule has 0 atom stereocenters. The zero-order valence-corrected chi connectivity index (χ0v) is 11.6. The van der Waals surface area contributed by atoms with Crippen molar-refractivity contribution in [2.75, 3.05) is 32.8 Å². The summed E-state index contributed by atoms with van der Waals surface area (Å²) in [4.78, 5) is 21.2. The maximum atomic E-state index is 13.1. The number of aromatic nitrogens is 2. The van der Waals surface area contributed by atoms with Gasteiger partial charge in [0, 0.05) is 13.1 Å². The number of ether oxygens (including phenoxy) is 1. The number of benzene rings is 1. The Hall–Kier alpha value is -1.99. The standard InChI is InChI=1S/C14H17FN4O2/c15-10-1-2-11-12(7-10)18-13(17-11)8-16-14(20)9-19-3-5-21-6-4-19/h1-2,7H,3-6,8-9H2,(H,16,20)(H,17,18). The Balaban J connectivity index is 1.54. The van der Waals surface area contributed by atoms with E-state index in [0.29, 0.717) is 43.2 Å². The van der Waals surface area contributed by atoms with Crippen molar-refractivity contribution in [2.45, 2.75) is 6.54 Å². The van der Waals surface area contributed by atoms with Crippen molar-refractivity contribution >= 4 is 16.9 Å². The summed E-state index contributed by atoms with van der Waals surface area (Å²) in [6.45, 7) is 3.55. The Morgan fingerprint density at radius 3 is 3.05 bits per heavy atom. The number of halogens is 1. The summed E-state index contributed by atoms with van der Waals surface area (Å²) in [5, 5.41) is 2.81. The van der Waals surface area contributed by atoms with Gasteiger partial charge in [0.15, 0.2) is 0 Å². The van der Waals surface area contributed by atoms with Gasteiger partial charge in [-0.3, -0.25) is 9.69 Å². The van der Waals surface area contributed by atoms with E-state index in [1.165, 1.54) is 12.1 Å². The van der Waals surface area contributed by atoms with Gasteiger partial charge in [-0.05, 0) is 18.2 Å². The number of nitrogens with one attached hydrogen (secondary N) is 2. The fourth-order valence-electron chi connectivity index (χ4n) is 2.32. The van der Waals surface area contributed by atoms with E-state index < -0.39 is 0 Å². The molecule has 0 saturated carbocycles. The zero-order valence-electron chi connectivity index (χ0n) is 11.6. The monoisotopic (exact) mass is 292 g/mol. The first-order chi connectivity index (χ1) is 10.2. The number of imidazole rings is 1. The first-order valence-electron chi connectivity index (χ1n) is 6.92. The molecule has 1 fully saturated rings. The number of hydrogen-bond acceptors (Lipinski definition) is 4. The van der Waals surface area contributed by atoms with Gasteiger partial charge in [0.2, 0.25) is 5.91 Å². The van der Waals surface area contributed by atoms with Crippen LogP contribution in [0.2, 0.25) is 0 Å². The van der Waals surface area contributed by atoms with Crippen LogP contribution in [0.1, 0.15) is 5.82 Å². The average molecular weight is 292 g/mol. The Kier molecular flexibility index (Phi) is 4.12. The molecule has 6 nitrogen and oxygen atoms in total. The van der Waals surface area contributed by atoms with Crippen LogP contribution in [0, 0.1) is 5.82 Å². The Bertz CT molecular complexity index is 637. The third-order valence-corrected chi connectivity index (χ3v) is 3.42. The van der Waals surface area contributed by atoms with Crippen LogP contribution in [0.25, 0.3) is 11.0 Å². The summed E-state index contributed by atoms with van der Waals surface area (Å²) < 4.78 is 18.3. The third kappa shape index (κ3) is 3.56. The number of nitrogens with zero attached hydrogens (tertiary/aromatic N) is 2. The molecule has 3 rings (SSSR count). The molecule has 0 radical (unpaired) electrons. The van der Waals surface area contributed by atoms with Gasteiger partial charge >= 0.3 is 0 Å². The number of aromatic amines is 1. The Morgan fingerprint density at radius 2 is 2.24 bits per heavy atom. The predicted molar refractivity (Wildman–Crippen MR) is 75.2 cm³/mol. The molecule has 1 aromatic heterocycles. The van der Waals surface area contributed by atoms with Gasteiger partial charge in [-0.1, -0.05) is 0 Å². The molecule has 21 heavy (non-hydrogen) atoms. The van der Waals surface area contributed by atoms with Crippen LogP contribution in [-0.4, -0.2) is 53.6 Å². The van der Waals surface area contributed by atoms with Crippen molar-refractivity contribution in [2.24, 2.45) is 0 Å². The lowest BCUT2D eigenvalue weighted by molar-refractivity contribution is -0.123. The van der Waals surface area contributed by atoms with E-state index in [-0.39, 0.29) is 11.7 Å². The number of amides is 1. The SMILES string of the molecule is O=C(CN1CCOCC1)NCc1nc2ccc(F)cc2[nH]1. The molecule has 1 aliphatic rings. The highest BCUT2D eigenvalue weighted by atomic mass is 19.1. The highest BCUT2D eigenvalue weighted by molar-refractivity contribution is 5.78. The molecule has 2 N–H and O–H groups in total. The maximum Gasteiger partial charge on any atom is 0.234 e. The topological polar surface area (TPSA) is 70.2 Å². The normalized spacial score (nSPS) is 16.2. The van der Waals surface area contributed by atoms with E-state index in [1.807, 2.05) is 4.90 Å². The number of rotatable bonds is 4. The lowest BCUT2D eigenvalue weighted by atomic mass is 10.3. The number of fused-ring (bicyclic) bond motifs is 1. The van der Waals surface area contributed by atoms with Gasteiger partial charge in [0.05, 0.1) is 37.3 Å². The number of carbonyl (C=O) groups is 1. The number of H-pyrrole nitrogens is 1. The molecule has 0 bridgehead atoms. The van der Waals surface area contributed by atoms with Crippen molar-refractivity contribution in [1.29, 1.82) is 0 Å². The van der Waals surface area contributed by atoms with E-state index in [0.717, 1.165) is 13.1 Å². The summed E-state index contributed by atoms with van der Waals surface area (Å²) in [6, 6.07) is 4.37. The number of morpholine rings is 1. The van der Waals surface area contributed by atoms with Gasteiger partial charge in [-0.25, -0.2) is 9.37 Å². The fraction of sp³-hybridized carbons (Fsp3) is 0.429. The summed E-state index contributed by atoms with van der Waals surface area (Å²) in [7, 11) is 0. The molecule has 0 spiro atoms.